The number of nitrogens with zero attached hydrogens (tertiary/aromatic N) is 2. The monoisotopic (exact) mass is 280 g/mol. The molecule has 0 fully saturated rings. The highest BCUT2D eigenvalue weighted by molar-refractivity contribution is 5.93. The predicted molar refractivity (Wildman–Crippen MR) is 76.3 cm³/mol. The third-order valence-corrected chi connectivity index (χ3v) is 2.92. The molecule has 110 valence electrons. The van der Waals surface area contributed by atoms with Crippen molar-refractivity contribution in [2.24, 2.45) is 0 Å². The molecule has 0 radical (unpaired) electrons. The van der Waals surface area contributed by atoms with Gasteiger partial charge < -0.3 is 14.7 Å². The van der Waals surface area contributed by atoms with Gasteiger partial charge in [0.25, 0.3) is 0 Å². The lowest BCUT2D eigenvalue weighted by Crippen LogP contribution is -2.47. The van der Waals surface area contributed by atoms with E-state index in [9.17, 15) is 9.59 Å². The van der Waals surface area contributed by atoms with Crippen LogP contribution in [0.3, 0.4) is 0 Å². The van der Waals surface area contributed by atoms with Crippen molar-refractivity contribution in [3.05, 3.63) is 24.3 Å². The van der Waals surface area contributed by atoms with E-state index >= 15 is 0 Å². The summed E-state index contributed by atoms with van der Waals surface area (Å²) >= 11 is 0. The second-order valence-electron chi connectivity index (χ2n) is 4.66. The number of anilines is 1. The third-order valence-electron chi connectivity index (χ3n) is 2.92. The Morgan fingerprint density at radius 2 is 1.80 bits per heavy atom. The molecule has 0 aliphatic rings. The van der Waals surface area contributed by atoms with E-state index in [1.165, 1.54) is 9.80 Å². The number of carbonyl (C=O) groups excluding carboxylic acids is 1. The number of aliphatic carboxylic acids is 1. The van der Waals surface area contributed by atoms with Gasteiger partial charge in [0.1, 0.15) is 12.3 Å². The molecule has 0 spiro atoms. The van der Waals surface area contributed by atoms with Crippen molar-refractivity contribution in [3.8, 4) is 5.75 Å². The molecule has 0 unspecified atom stereocenters. The summed E-state index contributed by atoms with van der Waals surface area (Å²) in [5.41, 5.74) is 0.673. The molecule has 20 heavy (non-hydrogen) atoms. The number of carboxylic acids is 1. The zero-order valence-electron chi connectivity index (χ0n) is 12.2. The standard InChI is InChI=1S/C14H20N2O4/c1-10(2)16(9-13(17)18)14(19)15(3)11-5-7-12(20-4)8-6-11/h5-8,10H,9H2,1-4H3,(H,17,18). The number of benzene rings is 1. The average Bonchev–Trinajstić information content (AvgIpc) is 2.43. The van der Waals surface area contributed by atoms with Crippen LogP contribution in [0.2, 0.25) is 0 Å². The molecular weight excluding hydrogens is 260 g/mol. The smallest absolute Gasteiger partial charge is 0.324 e. The largest absolute Gasteiger partial charge is 0.497 e. The summed E-state index contributed by atoms with van der Waals surface area (Å²) in [6.07, 6.45) is 0. The van der Waals surface area contributed by atoms with Gasteiger partial charge in [0, 0.05) is 18.8 Å². The molecule has 0 bridgehead atoms. The molecular formula is C14H20N2O4. The number of urea groups is 1. The number of amides is 2. The summed E-state index contributed by atoms with van der Waals surface area (Å²) in [5, 5.41) is 8.87. The zero-order valence-corrected chi connectivity index (χ0v) is 12.2. The number of carbonyl (C=O) groups is 2. The van der Waals surface area contributed by atoms with E-state index in [2.05, 4.69) is 0 Å². The summed E-state index contributed by atoms with van der Waals surface area (Å²) in [5.74, 6) is -0.337. The van der Waals surface area contributed by atoms with Gasteiger partial charge in [-0.05, 0) is 38.1 Å². The van der Waals surface area contributed by atoms with Crippen molar-refractivity contribution in [3.63, 3.8) is 0 Å². The fourth-order valence-electron chi connectivity index (χ4n) is 1.73. The van der Waals surface area contributed by atoms with Crippen LogP contribution in [-0.2, 0) is 4.79 Å². The van der Waals surface area contributed by atoms with Crippen LogP contribution in [0.25, 0.3) is 0 Å². The van der Waals surface area contributed by atoms with Crippen LogP contribution in [-0.4, -0.2) is 48.8 Å². The van der Waals surface area contributed by atoms with Crippen LogP contribution in [0.5, 0.6) is 5.75 Å². The molecule has 0 aromatic heterocycles. The molecule has 2 amide bonds. The molecule has 0 aliphatic heterocycles. The van der Waals surface area contributed by atoms with Crippen molar-refractivity contribution >= 4 is 17.7 Å². The highest BCUT2D eigenvalue weighted by atomic mass is 16.5. The number of methoxy groups -OCH3 is 1. The van der Waals surface area contributed by atoms with Gasteiger partial charge >= 0.3 is 12.0 Å². The molecule has 0 saturated heterocycles. The predicted octanol–water partition coefficient (Wildman–Crippen LogP) is 2.05. The molecule has 0 heterocycles. The van der Waals surface area contributed by atoms with E-state index in [0.717, 1.165) is 0 Å². The zero-order chi connectivity index (χ0) is 15.3. The van der Waals surface area contributed by atoms with Gasteiger partial charge in [-0.1, -0.05) is 0 Å². The number of hydrogen-bond donors (Lipinski definition) is 1. The minimum absolute atomic E-state index is 0.195. The first-order valence-electron chi connectivity index (χ1n) is 6.27. The van der Waals surface area contributed by atoms with Gasteiger partial charge in [-0.3, -0.25) is 9.69 Å². The van der Waals surface area contributed by atoms with Gasteiger partial charge in [-0.2, -0.15) is 0 Å². The first-order chi connectivity index (χ1) is 9.36. The Balaban J connectivity index is 2.89. The Morgan fingerprint density at radius 1 is 1.25 bits per heavy atom. The molecule has 6 heteroatoms. The molecule has 0 atom stereocenters. The lowest BCUT2D eigenvalue weighted by molar-refractivity contribution is -0.137. The second kappa shape index (κ2) is 6.79. The van der Waals surface area contributed by atoms with Gasteiger partial charge in [0.2, 0.25) is 0 Å². The maximum absolute atomic E-state index is 12.3. The molecule has 1 aromatic carbocycles. The van der Waals surface area contributed by atoms with Crippen molar-refractivity contribution in [1.29, 1.82) is 0 Å². The molecule has 1 aromatic rings. The van der Waals surface area contributed by atoms with Gasteiger partial charge in [0.05, 0.1) is 7.11 Å². The Kier molecular flexibility index (Phi) is 5.37. The Bertz CT molecular complexity index is 471. The Hall–Kier alpha value is -2.24. The Labute approximate surface area is 118 Å². The Morgan fingerprint density at radius 3 is 2.20 bits per heavy atom. The van der Waals surface area contributed by atoms with Gasteiger partial charge in [0.15, 0.2) is 0 Å². The number of hydrogen-bond acceptors (Lipinski definition) is 3. The summed E-state index contributed by atoms with van der Waals surface area (Å²) in [6.45, 7) is 3.24. The minimum atomic E-state index is -1.03. The van der Waals surface area contributed by atoms with Crippen LogP contribution < -0.4 is 9.64 Å². The lowest BCUT2D eigenvalue weighted by Gasteiger charge is -2.30. The molecule has 6 nitrogen and oxygen atoms in total. The summed E-state index contributed by atoms with van der Waals surface area (Å²) in [6, 6.07) is 6.43. The maximum atomic E-state index is 12.3. The lowest BCUT2D eigenvalue weighted by atomic mass is 10.2. The van der Waals surface area contributed by atoms with Crippen molar-refractivity contribution in [2.75, 3.05) is 25.6 Å². The fourth-order valence-corrected chi connectivity index (χ4v) is 1.73. The van der Waals surface area contributed by atoms with Crippen LogP contribution in [0, 0.1) is 0 Å². The molecule has 0 saturated carbocycles. The normalized spacial score (nSPS) is 10.2. The van der Waals surface area contributed by atoms with Crippen LogP contribution in [0.4, 0.5) is 10.5 Å². The van der Waals surface area contributed by atoms with Crippen molar-refractivity contribution < 1.29 is 19.4 Å². The first-order valence-corrected chi connectivity index (χ1v) is 6.27. The number of carboxylic acid groups (broad SMARTS) is 1. The van der Waals surface area contributed by atoms with E-state index in [0.29, 0.717) is 11.4 Å². The number of ether oxygens (including phenoxy) is 1. The average molecular weight is 280 g/mol. The van der Waals surface area contributed by atoms with E-state index in [-0.39, 0.29) is 18.6 Å². The maximum Gasteiger partial charge on any atom is 0.324 e. The third kappa shape index (κ3) is 3.88. The second-order valence-corrected chi connectivity index (χ2v) is 4.66. The van der Waals surface area contributed by atoms with Crippen molar-refractivity contribution in [1.82, 2.24) is 4.90 Å². The van der Waals surface area contributed by atoms with E-state index in [1.807, 2.05) is 0 Å². The topological polar surface area (TPSA) is 70.1 Å². The van der Waals surface area contributed by atoms with Crippen LogP contribution in [0.1, 0.15) is 13.8 Å². The van der Waals surface area contributed by atoms with Crippen LogP contribution in [0.15, 0.2) is 24.3 Å². The molecule has 0 aliphatic carbocycles. The molecule has 1 rings (SSSR count). The minimum Gasteiger partial charge on any atom is -0.497 e. The van der Waals surface area contributed by atoms with Gasteiger partial charge in [-0.15, -0.1) is 0 Å². The van der Waals surface area contributed by atoms with Crippen molar-refractivity contribution in [2.45, 2.75) is 19.9 Å². The van der Waals surface area contributed by atoms with E-state index < -0.39 is 5.97 Å². The fraction of sp³-hybridized carbons (Fsp3) is 0.429. The SMILES string of the molecule is COc1ccc(N(C)C(=O)N(CC(=O)O)C(C)C)cc1. The number of rotatable bonds is 5. The first kappa shape index (κ1) is 15.8. The van der Waals surface area contributed by atoms with Gasteiger partial charge in [-0.25, -0.2) is 4.79 Å². The summed E-state index contributed by atoms with van der Waals surface area (Å²) in [7, 11) is 3.18. The van der Waals surface area contributed by atoms with E-state index in [4.69, 9.17) is 9.84 Å². The highest BCUT2D eigenvalue weighted by Gasteiger charge is 2.23. The summed E-state index contributed by atoms with van der Waals surface area (Å²) < 4.78 is 5.06. The quantitative estimate of drug-likeness (QED) is 0.896. The molecule has 1 N–H and O–H groups in total. The van der Waals surface area contributed by atoms with E-state index in [1.54, 1.807) is 52.3 Å². The van der Waals surface area contributed by atoms with Crippen LogP contribution >= 0.6 is 0 Å². The summed E-state index contributed by atoms with van der Waals surface area (Å²) in [4.78, 5) is 25.9. The highest BCUT2D eigenvalue weighted by Crippen LogP contribution is 2.19.